The Kier molecular flexibility index (Phi) is 7.63. The Bertz CT molecular complexity index is 3220. The third-order valence-corrected chi connectivity index (χ3v) is 14.2. The van der Waals surface area contributed by atoms with Crippen LogP contribution in [0, 0.1) is 25.7 Å². The predicted molar refractivity (Wildman–Crippen MR) is 235 cm³/mol. The van der Waals surface area contributed by atoms with E-state index in [0.717, 1.165) is 39.3 Å². The maximum absolute atomic E-state index is 14.2. The van der Waals surface area contributed by atoms with Crippen LogP contribution < -0.4 is 4.90 Å². The van der Waals surface area contributed by atoms with Crippen LogP contribution in [0.4, 0.5) is 17.1 Å². The standard InChI is InChI=1S/C54H35NO3S/c1-34-16-13-21-38(41-22-15-31-51-52(41)53(56)42-20-5-12-30-50(42)59(51,57)58)36(34)32-33-37-35(2)17-14-29-47(37)55-48-27-10-8-25-45(48)54(46-26-9-11-28-49(46)55)43-23-6-3-18-39(43)40-19-4-7-24-44(40)54/h3-31H,1-2H3. The van der Waals surface area contributed by atoms with Crippen molar-refractivity contribution in [3.8, 4) is 34.1 Å². The van der Waals surface area contributed by atoms with Gasteiger partial charge in [0, 0.05) is 16.7 Å². The summed E-state index contributed by atoms with van der Waals surface area (Å²) < 4.78 is 27.8. The number of aryl methyl sites for hydroxylation is 2. The molecule has 1 spiro atoms. The summed E-state index contributed by atoms with van der Waals surface area (Å²) in [4.78, 5) is 16.6. The molecule has 2 heterocycles. The van der Waals surface area contributed by atoms with Crippen LogP contribution in [0.5, 0.6) is 0 Å². The van der Waals surface area contributed by atoms with Crippen molar-refractivity contribution in [2.24, 2.45) is 0 Å². The number of hydrogen-bond acceptors (Lipinski definition) is 4. The van der Waals surface area contributed by atoms with E-state index in [2.05, 4.69) is 139 Å². The van der Waals surface area contributed by atoms with Gasteiger partial charge in [0.1, 0.15) is 0 Å². The molecule has 0 aromatic heterocycles. The Morgan fingerprint density at radius 1 is 0.424 bits per heavy atom. The molecule has 4 nitrogen and oxygen atoms in total. The van der Waals surface area contributed by atoms with Crippen molar-refractivity contribution in [2.75, 3.05) is 4.90 Å². The van der Waals surface area contributed by atoms with Crippen LogP contribution in [0.15, 0.2) is 186 Å². The Morgan fingerprint density at radius 3 is 1.53 bits per heavy atom. The van der Waals surface area contributed by atoms with E-state index in [9.17, 15) is 13.2 Å². The minimum absolute atomic E-state index is 0.0213. The highest BCUT2D eigenvalue weighted by Gasteiger charge is 2.51. The van der Waals surface area contributed by atoms with Crippen LogP contribution in [0.3, 0.4) is 0 Å². The largest absolute Gasteiger partial charge is 0.309 e. The van der Waals surface area contributed by atoms with Crippen molar-refractivity contribution in [1.29, 1.82) is 0 Å². The molecule has 0 amide bonds. The van der Waals surface area contributed by atoms with Crippen LogP contribution in [0.1, 0.15) is 60.4 Å². The van der Waals surface area contributed by atoms with E-state index in [1.54, 1.807) is 24.3 Å². The maximum atomic E-state index is 14.2. The van der Waals surface area contributed by atoms with E-state index in [1.807, 2.05) is 31.2 Å². The maximum Gasteiger partial charge on any atom is 0.208 e. The fourth-order valence-electron chi connectivity index (χ4n) is 9.86. The number of benzene rings is 8. The van der Waals surface area contributed by atoms with E-state index in [0.29, 0.717) is 11.1 Å². The summed E-state index contributed by atoms with van der Waals surface area (Å²) in [6.07, 6.45) is 0. The first-order valence-corrected chi connectivity index (χ1v) is 21.2. The molecule has 1 aliphatic carbocycles. The number of hydrogen-bond donors (Lipinski definition) is 0. The van der Waals surface area contributed by atoms with E-state index in [4.69, 9.17) is 0 Å². The van der Waals surface area contributed by atoms with Crippen LogP contribution in [-0.4, -0.2) is 14.2 Å². The average molecular weight is 778 g/mol. The third-order valence-electron chi connectivity index (χ3n) is 12.4. The highest BCUT2D eigenvalue weighted by molar-refractivity contribution is 7.91. The second-order valence-electron chi connectivity index (χ2n) is 15.4. The number of carbonyl (C=O) groups excluding carboxylic acids is 1. The van der Waals surface area contributed by atoms with Crippen LogP contribution >= 0.6 is 0 Å². The number of sulfone groups is 1. The Morgan fingerprint density at radius 2 is 0.864 bits per heavy atom. The molecule has 280 valence electrons. The van der Waals surface area contributed by atoms with Gasteiger partial charge in [-0.3, -0.25) is 4.79 Å². The molecule has 0 N–H and O–H groups in total. The minimum Gasteiger partial charge on any atom is -0.309 e. The fourth-order valence-corrected chi connectivity index (χ4v) is 11.5. The molecule has 59 heavy (non-hydrogen) atoms. The lowest BCUT2D eigenvalue weighted by atomic mass is 9.64. The van der Waals surface area contributed by atoms with Gasteiger partial charge in [0.05, 0.1) is 37.8 Å². The highest BCUT2D eigenvalue weighted by Crippen LogP contribution is 2.63. The molecule has 2 aliphatic heterocycles. The lowest BCUT2D eigenvalue weighted by molar-refractivity contribution is 0.103. The van der Waals surface area contributed by atoms with Gasteiger partial charge in [-0.05, 0) is 106 Å². The number of anilines is 3. The summed E-state index contributed by atoms with van der Waals surface area (Å²) in [6, 6.07) is 58.8. The topological polar surface area (TPSA) is 54.5 Å². The van der Waals surface area contributed by atoms with Crippen LogP contribution in [0.2, 0.25) is 0 Å². The number of fused-ring (bicyclic) bond motifs is 11. The summed E-state index contributed by atoms with van der Waals surface area (Å²) in [7, 11) is -3.92. The van der Waals surface area contributed by atoms with Gasteiger partial charge in [-0.25, -0.2) is 8.42 Å². The monoisotopic (exact) mass is 777 g/mol. The highest BCUT2D eigenvalue weighted by atomic mass is 32.2. The predicted octanol–water partition coefficient (Wildman–Crippen LogP) is 11.9. The Hall–Kier alpha value is -7.26. The molecule has 8 aromatic carbocycles. The second-order valence-corrected chi connectivity index (χ2v) is 17.3. The van der Waals surface area contributed by atoms with Crippen molar-refractivity contribution in [2.45, 2.75) is 29.1 Å². The molecular formula is C54H35NO3S. The first-order chi connectivity index (χ1) is 28.8. The van der Waals surface area contributed by atoms with Gasteiger partial charge in [-0.1, -0.05) is 151 Å². The summed E-state index contributed by atoms with van der Waals surface area (Å²) in [5.41, 5.74) is 15.2. The molecule has 0 radical (unpaired) electrons. The zero-order chi connectivity index (χ0) is 40.0. The SMILES string of the molecule is Cc1cccc(-c2cccc3c2C(=O)c2ccccc2S3(=O)=O)c1C#Cc1c(C)cccc1N1c2ccccc2C2(c3ccccc3-c3ccccc32)c2ccccc21. The summed E-state index contributed by atoms with van der Waals surface area (Å²) in [5.74, 6) is 6.88. The molecule has 8 aromatic rings. The van der Waals surface area contributed by atoms with Crippen molar-refractivity contribution in [3.63, 3.8) is 0 Å². The number of ketones is 1. The van der Waals surface area contributed by atoms with Gasteiger partial charge >= 0.3 is 0 Å². The number of nitrogens with zero attached hydrogens (tertiary/aromatic N) is 1. The summed E-state index contributed by atoms with van der Waals surface area (Å²) >= 11 is 0. The normalized spacial score (nSPS) is 14.5. The van der Waals surface area contributed by atoms with Crippen LogP contribution in [-0.2, 0) is 15.3 Å². The average Bonchev–Trinajstić information content (AvgIpc) is 3.56. The van der Waals surface area contributed by atoms with Gasteiger partial charge in [0.15, 0.2) is 5.78 Å². The van der Waals surface area contributed by atoms with E-state index < -0.39 is 15.3 Å². The van der Waals surface area contributed by atoms with Gasteiger partial charge in [-0.2, -0.15) is 0 Å². The molecular weight excluding hydrogens is 743 g/mol. The van der Waals surface area contributed by atoms with E-state index >= 15 is 0 Å². The number of para-hydroxylation sites is 2. The van der Waals surface area contributed by atoms with E-state index in [1.165, 1.54) is 45.5 Å². The third kappa shape index (κ3) is 4.78. The Labute approximate surface area is 344 Å². The van der Waals surface area contributed by atoms with Gasteiger partial charge in [-0.15, -0.1) is 0 Å². The van der Waals surface area contributed by atoms with Crippen molar-refractivity contribution < 1.29 is 13.2 Å². The van der Waals surface area contributed by atoms with Crippen molar-refractivity contribution in [1.82, 2.24) is 0 Å². The molecule has 11 rings (SSSR count). The number of rotatable bonds is 2. The molecule has 5 heteroatoms. The van der Waals surface area contributed by atoms with Crippen molar-refractivity contribution >= 4 is 32.7 Å². The lowest BCUT2D eigenvalue weighted by Gasteiger charge is -2.45. The van der Waals surface area contributed by atoms with Gasteiger partial charge in [0.25, 0.3) is 0 Å². The molecule has 0 fully saturated rings. The zero-order valence-electron chi connectivity index (χ0n) is 32.3. The molecule has 0 saturated heterocycles. The molecule has 0 bridgehead atoms. The molecule has 0 atom stereocenters. The minimum atomic E-state index is -3.92. The number of carbonyl (C=O) groups is 1. The van der Waals surface area contributed by atoms with Gasteiger partial charge in [0.2, 0.25) is 9.84 Å². The fraction of sp³-hybridized carbons (Fsp3) is 0.0556. The second kappa shape index (κ2) is 12.9. The van der Waals surface area contributed by atoms with Crippen molar-refractivity contribution in [3.05, 3.63) is 232 Å². The Balaban J connectivity index is 1.11. The summed E-state index contributed by atoms with van der Waals surface area (Å²) in [5, 5.41) is 0. The molecule has 0 unspecified atom stereocenters. The molecule has 0 saturated carbocycles. The smallest absolute Gasteiger partial charge is 0.208 e. The van der Waals surface area contributed by atoms with Gasteiger partial charge < -0.3 is 4.90 Å². The quantitative estimate of drug-likeness (QED) is 0.164. The first-order valence-electron chi connectivity index (χ1n) is 19.7. The zero-order valence-corrected chi connectivity index (χ0v) is 33.1. The molecule has 3 aliphatic rings. The first kappa shape index (κ1) is 34.9. The van der Waals surface area contributed by atoms with Crippen LogP contribution in [0.25, 0.3) is 22.3 Å². The van der Waals surface area contributed by atoms with E-state index in [-0.39, 0.29) is 26.7 Å². The summed E-state index contributed by atoms with van der Waals surface area (Å²) in [6.45, 7) is 4.09. The lowest BCUT2D eigenvalue weighted by Crippen LogP contribution is -2.36.